The van der Waals surface area contributed by atoms with Crippen molar-refractivity contribution in [1.29, 1.82) is 0 Å². The number of carbonyl (C=O) groups excluding carboxylic acids is 1. The normalized spacial score (nSPS) is 11.8. The predicted molar refractivity (Wildman–Crippen MR) is 148 cm³/mol. The monoisotopic (exact) mass is 502 g/mol. The number of anilines is 1. The fourth-order valence-electron chi connectivity index (χ4n) is 4.51. The van der Waals surface area contributed by atoms with E-state index in [1.165, 1.54) is 0 Å². The Kier molecular flexibility index (Phi) is 5.68. The highest BCUT2D eigenvalue weighted by Crippen LogP contribution is 2.33. The minimum atomic E-state index is -0.0939. The number of carbonyl (C=O) groups is 1. The molecular weight excluding hydrogens is 476 g/mol. The summed E-state index contributed by atoms with van der Waals surface area (Å²) in [5, 5.41) is 11.6. The molecule has 38 heavy (non-hydrogen) atoms. The van der Waals surface area contributed by atoms with Gasteiger partial charge in [0.1, 0.15) is 11.2 Å². The van der Waals surface area contributed by atoms with Gasteiger partial charge in [0.25, 0.3) is 0 Å². The first kappa shape index (κ1) is 23.5. The smallest absolute Gasteiger partial charge is 0.224 e. The number of nitrogens with zero attached hydrogens (tertiary/aromatic N) is 5. The topological polar surface area (TPSA) is 125 Å². The van der Waals surface area contributed by atoms with E-state index in [2.05, 4.69) is 41.5 Å². The molecule has 3 N–H and O–H groups in total. The van der Waals surface area contributed by atoms with Crippen LogP contribution in [0.15, 0.2) is 73.6 Å². The van der Waals surface area contributed by atoms with Gasteiger partial charge >= 0.3 is 0 Å². The highest BCUT2D eigenvalue weighted by atomic mass is 16.1. The maximum absolute atomic E-state index is 12.4. The van der Waals surface area contributed by atoms with Crippen LogP contribution in [0.2, 0.25) is 0 Å². The SMILES string of the molecule is CC(C)(C)CC(=O)Nc1cncc(-c2ccc3[nH]nc(-c4nc5c(-c6cccnc6)cncc5[nH]4)c3c2)c1. The number of aromatic amines is 2. The van der Waals surface area contributed by atoms with Gasteiger partial charge in [-0.15, -0.1) is 0 Å². The molecule has 0 unspecified atom stereocenters. The lowest BCUT2D eigenvalue weighted by Crippen LogP contribution is -2.19. The van der Waals surface area contributed by atoms with Crippen molar-refractivity contribution >= 4 is 33.5 Å². The second kappa shape index (κ2) is 9.19. The van der Waals surface area contributed by atoms with E-state index in [4.69, 9.17) is 4.98 Å². The molecule has 9 nitrogen and oxygen atoms in total. The summed E-state index contributed by atoms with van der Waals surface area (Å²) in [4.78, 5) is 33.7. The number of fused-ring (bicyclic) bond motifs is 2. The number of hydrogen-bond acceptors (Lipinski definition) is 6. The van der Waals surface area contributed by atoms with Gasteiger partial charge in [0.15, 0.2) is 5.82 Å². The second-order valence-electron chi connectivity index (χ2n) is 10.5. The molecule has 0 aliphatic rings. The van der Waals surface area contributed by atoms with E-state index in [1.54, 1.807) is 37.2 Å². The van der Waals surface area contributed by atoms with Crippen LogP contribution in [0.4, 0.5) is 5.69 Å². The van der Waals surface area contributed by atoms with Gasteiger partial charge in [0.2, 0.25) is 5.91 Å². The van der Waals surface area contributed by atoms with Crippen molar-refractivity contribution in [3.8, 4) is 33.8 Å². The summed E-state index contributed by atoms with van der Waals surface area (Å²) in [7, 11) is 0. The molecule has 0 radical (unpaired) electrons. The van der Waals surface area contributed by atoms with Crippen molar-refractivity contribution in [1.82, 2.24) is 35.1 Å². The molecule has 9 heteroatoms. The zero-order valence-corrected chi connectivity index (χ0v) is 21.3. The highest BCUT2D eigenvalue weighted by molar-refractivity contribution is 5.98. The van der Waals surface area contributed by atoms with Crippen LogP contribution in [0.5, 0.6) is 0 Å². The first-order valence-electron chi connectivity index (χ1n) is 12.3. The van der Waals surface area contributed by atoms with Gasteiger partial charge in [-0.1, -0.05) is 32.9 Å². The van der Waals surface area contributed by atoms with Gasteiger partial charge in [-0.2, -0.15) is 5.10 Å². The van der Waals surface area contributed by atoms with Crippen LogP contribution in [0, 0.1) is 5.41 Å². The lowest BCUT2D eigenvalue weighted by molar-refractivity contribution is -0.117. The Balaban J connectivity index is 1.36. The van der Waals surface area contributed by atoms with E-state index < -0.39 is 0 Å². The van der Waals surface area contributed by atoms with Gasteiger partial charge in [0.05, 0.1) is 29.1 Å². The highest BCUT2D eigenvalue weighted by Gasteiger charge is 2.18. The number of aromatic nitrogens is 7. The van der Waals surface area contributed by atoms with Crippen LogP contribution < -0.4 is 5.32 Å². The Hall–Kier alpha value is -4.92. The summed E-state index contributed by atoms with van der Waals surface area (Å²) in [5.74, 6) is 0.608. The van der Waals surface area contributed by atoms with Crippen LogP contribution in [-0.4, -0.2) is 41.0 Å². The Bertz CT molecular complexity index is 1780. The molecule has 5 heterocycles. The number of H-pyrrole nitrogens is 2. The van der Waals surface area contributed by atoms with E-state index in [0.717, 1.165) is 44.2 Å². The lowest BCUT2D eigenvalue weighted by Gasteiger charge is -2.17. The Morgan fingerprint density at radius 3 is 2.55 bits per heavy atom. The number of hydrogen-bond donors (Lipinski definition) is 3. The molecule has 1 amide bonds. The molecule has 0 spiro atoms. The minimum absolute atomic E-state index is 0.0333. The number of pyridine rings is 3. The molecule has 0 saturated heterocycles. The van der Waals surface area contributed by atoms with Crippen molar-refractivity contribution in [3.63, 3.8) is 0 Å². The molecular formula is C29H26N8O. The first-order valence-corrected chi connectivity index (χ1v) is 12.3. The van der Waals surface area contributed by atoms with Crippen molar-refractivity contribution in [2.24, 2.45) is 5.41 Å². The number of rotatable bonds is 5. The molecule has 0 aliphatic heterocycles. The summed E-state index contributed by atoms with van der Waals surface area (Å²) in [6, 6.07) is 11.9. The Labute approximate surface area is 218 Å². The molecule has 5 aromatic heterocycles. The zero-order valence-electron chi connectivity index (χ0n) is 21.3. The average molecular weight is 503 g/mol. The third-order valence-electron chi connectivity index (χ3n) is 6.20. The van der Waals surface area contributed by atoms with Gasteiger partial charge in [-0.05, 0) is 35.2 Å². The summed E-state index contributed by atoms with van der Waals surface area (Å²) in [5.41, 5.74) is 7.47. The van der Waals surface area contributed by atoms with Crippen LogP contribution in [-0.2, 0) is 4.79 Å². The molecule has 1 aromatic carbocycles. The van der Waals surface area contributed by atoms with E-state index in [-0.39, 0.29) is 11.3 Å². The Morgan fingerprint density at radius 2 is 1.74 bits per heavy atom. The van der Waals surface area contributed by atoms with Crippen LogP contribution in [0.1, 0.15) is 27.2 Å². The number of benzene rings is 1. The molecule has 0 aliphatic carbocycles. The standard InChI is InChI=1S/C29H26N8O/c1-29(2,3)11-25(38)33-20-9-19(13-31-14-20)17-6-7-23-21(10-17)27(37-36-23)28-34-24-16-32-15-22(26(24)35-28)18-5-4-8-30-12-18/h4-10,12-16H,11H2,1-3H3,(H,33,38)(H,34,35)(H,36,37). The minimum Gasteiger partial charge on any atom is -0.335 e. The number of nitrogens with one attached hydrogen (secondary N) is 3. The molecule has 6 rings (SSSR count). The van der Waals surface area contributed by atoms with Crippen molar-refractivity contribution in [2.75, 3.05) is 5.32 Å². The van der Waals surface area contributed by atoms with Gasteiger partial charge in [0, 0.05) is 53.3 Å². The number of amides is 1. The van der Waals surface area contributed by atoms with Crippen LogP contribution in [0.25, 0.3) is 55.7 Å². The van der Waals surface area contributed by atoms with E-state index in [1.807, 2.05) is 51.1 Å². The number of imidazole rings is 1. The fourth-order valence-corrected chi connectivity index (χ4v) is 4.51. The molecule has 0 saturated carbocycles. The summed E-state index contributed by atoms with van der Waals surface area (Å²) in [6.07, 6.45) is 11.0. The van der Waals surface area contributed by atoms with Crippen molar-refractivity contribution in [3.05, 3.63) is 73.6 Å². The van der Waals surface area contributed by atoms with Gasteiger partial charge in [-0.25, -0.2) is 4.98 Å². The third kappa shape index (κ3) is 4.61. The molecule has 0 fully saturated rings. The van der Waals surface area contributed by atoms with Crippen LogP contribution in [0.3, 0.4) is 0 Å². The average Bonchev–Trinajstić information content (AvgIpc) is 3.51. The first-order chi connectivity index (χ1) is 18.3. The second-order valence-corrected chi connectivity index (χ2v) is 10.5. The summed E-state index contributed by atoms with van der Waals surface area (Å²) >= 11 is 0. The van der Waals surface area contributed by atoms with Crippen LogP contribution >= 0.6 is 0 Å². The van der Waals surface area contributed by atoms with Gasteiger partial charge in [-0.3, -0.25) is 24.8 Å². The van der Waals surface area contributed by atoms with E-state index >= 15 is 0 Å². The van der Waals surface area contributed by atoms with Crippen molar-refractivity contribution < 1.29 is 4.79 Å². The summed E-state index contributed by atoms with van der Waals surface area (Å²) < 4.78 is 0. The third-order valence-corrected chi connectivity index (χ3v) is 6.20. The maximum Gasteiger partial charge on any atom is 0.224 e. The van der Waals surface area contributed by atoms with E-state index in [9.17, 15) is 4.79 Å². The summed E-state index contributed by atoms with van der Waals surface area (Å²) in [6.45, 7) is 6.12. The largest absolute Gasteiger partial charge is 0.335 e. The predicted octanol–water partition coefficient (Wildman–Crippen LogP) is 6.00. The van der Waals surface area contributed by atoms with Gasteiger partial charge < -0.3 is 10.3 Å². The molecule has 0 bridgehead atoms. The lowest BCUT2D eigenvalue weighted by atomic mass is 9.92. The molecule has 188 valence electrons. The quantitative estimate of drug-likeness (QED) is 0.265. The zero-order chi connectivity index (χ0) is 26.3. The molecule has 6 aromatic rings. The maximum atomic E-state index is 12.4. The Morgan fingerprint density at radius 1 is 0.895 bits per heavy atom. The molecule has 0 atom stereocenters. The van der Waals surface area contributed by atoms with E-state index in [0.29, 0.717) is 23.6 Å². The van der Waals surface area contributed by atoms with Crippen molar-refractivity contribution in [2.45, 2.75) is 27.2 Å². The fraction of sp³-hybridized carbons (Fsp3) is 0.172.